The Balaban J connectivity index is 2.47. The van der Waals surface area contributed by atoms with Crippen molar-refractivity contribution in [2.45, 2.75) is 33.2 Å². The quantitative estimate of drug-likeness (QED) is 0.807. The molecule has 4 heteroatoms. The molecule has 1 rings (SSSR count). The molecule has 1 aromatic rings. The molecule has 0 saturated heterocycles. The molecule has 0 bridgehead atoms. The summed E-state index contributed by atoms with van der Waals surface area (Å²) in [7, 11) is 0. The number of aliphatic hydroxyl groups excluding tert-OH is 1. The highest BCUT2D eigenvalue weighted by Crippen LogP contribution is 2.18. The van der Waals surface area contributed by atoms with Gasteiger partial charge in [0.2, 0.25) is 0 Å². The number of hydrogen-bond donors (Lipinski definition) is 2. The number of nitrogens with one attached hydrogen (secondary N) is 1. The van der Waals surface area contributed by atoms with Gasteiger partial charge in [-0.05, 0) is 31.9 Å². The number of aliphatic hydroxyl groups is 1. The number of carbonyl (C=O) groups excluding carboxylic acids is 1. The summed E-state index contributed by atoms with van der Waals surface area (Å²) in [6.45, 7) is 5.79. The third kappa shape index (κ3) is 4.37. The molecule has 0 radical (unpaired) electrons. The van der Waals surface area contributed by atoms with Crippen LogP contribution < -0.4 is 10.1 Å². The van der Waals surface area contributed by atoms with Crippen LogP contribution in [0.4, 0.5) is 0 Å². The fraction of sp³-hybridized carbons (Fsp3) is 0.500. The van der Waals surface area contributed by atoms with Crippen LogP contribution >= 0.6 is 0 Å². The van der Waals surface area contributed by atoms with Gasteiger partial charge in [0.1, 0.15) is 5.75 Å². The average Bonchev–Trinajstić information content (AvgIpc) is 2.35. The number of aryl methyl sites for hydroxylation is 2. The van der Waals surface area contributed by atoms with Crippen LogP contribution in [0.1, 0.15) is 24.5 Å². The number of rotatable bonds is 6. The first-order chi connectivity index (χ1) is 8.56. The summed E-state index contributed by atoms with van der Waals surface area (Å²) in [6.07, 6.45) is 0.700. The fourth-order valence-electron chi connectivity index (χ4n) is 1.65. The molecule has 0 aromatic heterocycles. The molecule has 0 aliphatic rings. The molecule has 0 fully saturated rings. The van der Waals surface area contributed by atoms with Crippen molar-refractivity contribution in [2.75, 3.05) is 13.2 Å². The Kier molecular flexibility index (Phi) is 5.65. The van der Waals surface area contributed by atoms with E-state index in [0.717, 1.165) is 11.1 Å². The smallest absolute Gasteiger partial charge is 0.258 e. The first-order valence-electron chi connectivity index (χ1n) is 6.17. The first kappa shape index (κ1) is 14.5. The highest BCUT2D eigenvalue weighted by Gasteiger charge is 2.10. The maximum Gasteiger partial charge on any atom is 0.258 e. The summed E-state index contributed by atoms with van der Waals surface area (Å²) < 4.78 is 5.45. The Morgan fingerprint density at radius 3 is 2.72 bits per heavy atom. The second-order valence-electron chi connectivity index (χ2n) is 4.41. The van der Waals surface area contributed by atoms with Crippen LogP contribution in [-0.2, 0) is 4.79 Å². The average molecular weight is 251 g/mol. The van der Waals surface area contributed by atoms with E-state index in [1.165, 1.54) is 0 Å². The molecule has 2 N–H and O–H groups in total. The van der Waals surface area contributed by atoms with Crippen LogP contribution in [0.5, 0.6) is 5.75 Å². The predicted octanol–water partition coefficient (Wildman–Crippen LogP) is 1.57. The van der Waals surface area contributed by atoms with E-state index >= 15 is 0 Å². The number of benzene rings is 1. The van der Waals surface area contributed by atoms with Crippen molar-refractivity contribution in [1.29, 1.82) is 0 Å². The summed E-state index contributed by atoms with van der Waals surface area (Å²) in [5, 5.41) is 11.7. The zero-order valence-corrected chi connectivity index (χ0v) is 11.2. The summed E-state index contributed by atoms with van der Waals surface area (Å²) >= 11 is 0. The lowest BCUT2D eigenvalue weighted by Crippen LogP contribution is -2.39. The third-order valence-corrected chi connectivity index (χ3v) is 2.77. The topological polar surface area (TPSA) is 58.6 Å². The lowest BCUT2D eigenvalue weighted by molar-refractivity contribution is -0.124. The molecule has 100 valence electrons. The normalized spacial score (nSPS) is 12.0. The second kappa shape index (κ2) is 7.01. The maximum absolute atomic E-state index is 11.6. The van der Waals surface area contributed by atoms with Crippen LogP contribution in [0.3, 0.4) is 0 Å². The van der Waals surface area contributed by atoms with E-state index < -0.39 is 0 Å². The van der Waals surface area contributed by atoms with Crippen LogP contribution in [0.15, 0.2) is 18.2 Å². The first-order valence-corrected chi connectivity index (χ1v) is 6.17. The van der Waals surface area contributed by atoms with Gasteiger partial charge in [0.15, 0.2) is 6.61 Å². The Morgan fingerprint density at radius 2 is 2.17 bits per heavy atom. The van der Waals surface area contributed by atoms with E-state index in [9.17, 15) is 4.79 Å². The van der Waals surface area contributed by atoms with E-state index in [-0.39, 0.29) is 25.2 Å². The van der Waals surface area contributed by atoms with E-state index in [0.29, 0.717) is 12.2 Å². The van der Waals surface area contributed by atoms with Crippen LogP contribution in [-0.4, -0.2) is 30.3 Å². The lowest BCUT2D eigenvalue weighted by Gasteiger charge is -2.15. The molecule has 0 saturated carbocycles. The maximum atomic E-state index is 11.6. The predicted molar refractivity (Wildman–Crippen MR) is 70.7 cm³/mol. The molecular formula is C14H21NO3. The molecule has 1 atom stereocenters. The van der Waals surface area contributed by atoms with Gasteiger partial charge in [0.05, 0.1) is 12.6 Å². The zero-order valence-electron chi connectivity index (χ0n) is 11.2. The van der Waals surface area contributed by atoms with E-state index in [2.05, 4.69) is 5.32 Å². The van der Waals surface area contributed by atoms with E-state index in [4.69, 9.17) is 9.84 Å². The summed E-state index contributed by atoms with van der Waals surface area (Å²) in [5.74, 6) is 0.503. The monoisotopic (exact) mass is 251 g/mol. The number of amides is 1. The highest BCUT2D eigenvalue weighted by atomic mass is 16.5. The standard InChI is InChI=1S/C14H21NO3/c1-4-12(8-16)15-14(17)9-18-13-6-5-10(2)7-11(13)3/h5-7,12,16H,4,8-9H2,1-3H3,(H,15,17)/t12-/m1/s1. The van der Waals surface area contributed by atoms with Crippen molar-refractivity contribution in [3.8, 4) is 5.75 Å². The number of ether oxygens (including phenoxy) is 1. The minimum Gasteiger partial charge on any atom is -0.484 e. The zero-order chi connectivity index (χ0) is 13.5. The molecule has 1 aromatic carbocycles. The fourth-order valence-corrected chi connectivity index (χ4v) is 1.65. The largest absolute Gasteiger partial charge is 0.484 e. The lowest BCUT2D eigenvalue weighted by atomic mass is 10.1. The van der Waals surface area contributed by atoms with Crippen molar-refractivity contribution < 1.29 is 14.6 Å². The van der Waals surface area contributed by atoms with Crippen LogP contribution in [0.25, 0.3) is 0 Å². The van der Waals surface area contributed by atoms with Gasteiger partial charge >= 0.3 is 0 Å². The van der Waals surface area contributed by atoms with Gasteiger partial charge in [-0.1, -0.05) is 24.6 Å². The Morgan fingerprint density at radius 1 is 1.44 bits per heavy atom. The summed E-state index contributed by atoms with van der Waals surface area (Å²) in [5.41, 5.74) is 2.17. The summed E-state index contributed by atoms with van der Waals surface area (Å²) in [6, 6.07) is 5.63. The molecule has 4 nitrogen and oxygen atoms in total. The minimum atomic E-state index is -0.212. The molecule has 0 unspecified atom stereocenters. The number of carbonyl (C=O) groups is 1. The van der Waals surface area contributed by atoms with Crippen molar-refractivity contribution in [1.82, 2.24) is 5.32 Å². The van der Waals surface area contributed by atoms with Gasteiger partial charge in [-0.3, -0.25) is 4.79 Å². The Hall–Kier alpha value is -1.55. The molecular weight excluding hydrogens is 230 g/mol. The molecule has 0 heterocycles. The van der Waals surface area contributed by atoms with Crippen LogP contribution in [0.2, 0.25) is 0 Å². The van der Waals surface area contributed by atoms with E-state index in [1.54, 1.807) is 0 Å². The number of hydrogen-bond acceptors (Lipinski definition) is 3. The van der Waals surface area contributed by atoms with Crippen molar-refractivity contribution in [3.63, 3.8) is 0 Å². The van der Waals surface area contributed by atoms with Gasteiger partial charge in [0.25, 0.3) is 5.91 Å². The molecule has 1 amide bonds. The van der Waals surface area contributed by atoms with Crippen molar-refractivity contribution in [3.05, 3.63) is 29.3 Å². The SMILES string of the molecule is CC[C@H](CO)NC(=O)COc1ccc(C)cc1C. The van der Waals surface area contributed by atoms with Gasteiger partial charge in [-0.2, -0.15) is 0 Å². The van der Waals surface area contributed by atoms with Crippen molar-refractivity contribution >= 4 is 5.91 Å². The molecule has 18 heavy (non-hydrogen) atoms. The Bertz CT molecular complexity index is 400. The van der Waals surface area contributed by atoms with Crippen molar-refractivity contribution in [2.24, 2.45) is 0 Å². The van der Waals surface area contributed by atoms with Gasteiger partial charge in [0, 0.05) is 0 Å². The van der Waals surface area contributed by atoms with Gasteiger partial charge in [-0.15, -0.1) is 0 Å². The highest BCUT2D eigenvalue weighted by molar-refractivity contribution is 5.77. The van der Waals surface area contributed by atoms with Gasteiger partial charge < -0.3 is 15.2 Å². The summed E-state index contributed by atoms with van der Waals surface area (Å²) in [4.78, 5) is 11.6. The molecule has 0 spiro atoms. The van der Waals surface area contributed by atoms with E-state index in [1.807, 2.05) is 39.0 Å². The van der Waals surface area contributed by atoms with Gasteiger partial charge in [-0.25, -0.2) is 0 Å². The minimum absolute atomic E-state index is 0.0274. The second-order valence-corrected chi connectivity index (χ2v) is 4.41. The Labute approximate surface area is 108 Å². The third-order valence-electron chi connectivity index (χ3n) is 2.77. The van der Waals surface area contributed by atoms with Crippen LogP contribution in [0, 0.1) is 13.8 Å². The molecule has 0 aliphatic carbocycles. The molecule has 0 aliphatic heterocycles.